The molecule has 0 saturated carbocycles. The van der Waals surface area contributed by atoms with Crippen LogP contribution in [0, 0.1) is 5.92 Å². The summed E-state index contributed by atoms with van der Waals surface area (Å²) in [6.45, 7) is -0.516. The topological polar surface area (TPSA) is 132 Å². The van der Waals surface area contributed by atoms with Gasteiger partial charge in [-0.25, -0.2) is 4.79 Å². The lowest BCUT2D eigenvalue weighted by molar-refractivity contribution is -0.142. The van der Waals surface area contributed by atoms with Gasteiger partial charge in [-0.15, -0.1) is 0 Å². The van der Waals surface area contributed by atoms with E-state index < -0.39 is 36.3 Å². The van der Waals surface area contributed by atoms with Crippen molar-refractivity contribution < 1.29 is 43.9 Å². The summed E-state index contributed by atoms with van der Waals surface area (Å²) >= 11 is 0. The second-order valence-electron chi connectivity index (χ2n) is 8.33. The number of fused-ring (bicyclic) bond motifs is 2. The highest BCUT2D eigenvalue weighted by molar-refractivity contribution is 5.79. The lowest BCUT2D eigenvalue weighted by atomic mass is 9.79. The molecule has 0 fully saturated rings. The zero-order valence-corrected chi connectivity index (χ0v) is 18.6. The molecule has 1 heterocycles. The summed E-state index contributed by atoms with van der Waals surface area (Å²) in [7, 11) is 1.47. The van der Waals surface area contributed by atoms with E-state index in [1.807, 2.05) is 6.07 Å². The Morgan fingerprint density at radius 3 is 2.43 bits per heavy atom. The molecule has 180 valence electrons. The maximum absolute atomic E-state index is 12.8. The second kappa shape index (κ2) is 8.75. The number of benzene rings is 3. The Hall–Kier alpha value is -4.40. The monoisotopic (exact) mass is 478 g/mol. The fourth-order valence-electron chi connectivity index (χ4n) is 5.00. The quantitative estimate of drug-likeness (QED) is 0.466. The molecule has 1 aliphatic heterocycles. The first-order valence-corrected chi connectivity index (χ1v) is 10.8. The number of aliphatic carboxylic acids is 2. The zero-order chi connectivity index (χ0) is 24.7. The molecule has 1 unspecified atom stereocenters. The van der Waals surface area contributed by atoms with Crippen molar-refractivity contribution in [2.24, 2.45) is 5.92 Å². The third-order valence-corrected chi connectivity index (χ3v) is 6.41. The second-order valence-corrected chi connectivity index (χ2v) is 8.33. The third kappa shape index (κ3) is 3.95. The first-order chi connectivity index (χ1) is 16.9. The molecular formula is C26H22O9. The number of carbonyl (C=O) groups is 2. The minimum Gasteiger partial charge on any atom is -0.508 e. The molecule has 0 saturated heterocycles. The Morgan fingerprint density at radius 2 is 1.69 bits per heavy atom. The van der Waals surface area contributed by atoms with E-state index in [0.717, 1.165) is 11.1 Å². The van der Waals surface area contributed by atoms with Gasteiger partial charge in [-0.2, -0.15) is 0 Å². The number of aromatic hydroxyl groups is 1. The Bertz CT molecular complexity index is 1320. The number of carboxylic acid groups (broad SMARTS) is 2. The summed E-state index contributed by atoms with van der Waals surface area (Å²) < 4.78 is 21.7. The fraction of sp³-hybridized carbons (Fsp3) is 0.231. The third-order valence-electron chi connectivity index (χ3n) is 6.41. The molecule has 9 nitrogen and oxygen atoms in total. The average Bonchev–Trinajstić information content (AvgIpc) is 3.44. The van der Waals surface area contributed by atoms with Crippen LogP contribution in [0.5, 0.6) is 28.7 Å². The Balaban J connectivity index is 1.69. The molecule has 5 rings (SSSR count). The van der Waals surface area contributed by atoms with Crippen LogP contribution in [0.2, 0.25) is 0 Å². The van der Waals surface area contributed by atoms with Crippen molar-refractivity contribution in [2.45, 2.75) is 11.8 Å². The van der Waals surface area contributed by atoms with Crippen molar-refractivity contribution in [3.05, 3.63) is 76.9 Å². The average molecular weight is 478 g/mol. The van der Waals surface area contributed by atoms with Gasteiger partial charge in [-0.1, -0.05) is 18.2 Å². The largest absolute Gasteiger partial charge is 0.508 e. The molecule has 2 aliphatic rings. The maximum atomic E-state index is 12.8. The number of phenolic OH excluding ortho intramolecular Hbond substituents is 1. The van der Waals surface area contributed by atoms with Gasteiger partial charge in [0.15, 0.2) is 18.1 Å². The minimum absolute atomic E-state index is 0.00857. The van der Waals surface area contributed by atoms with E-state index in [2.05, 4.69) is 0 Å². The molecule has 9 heteroatoms. The van der Waals surface area contributed by atoms with Crippen molar-refractivity contribution in [2.75, 3.05) is 20.5 Å². The molecule has 0 spiro atoms. The minimum atomic E-state index is -1.17. The summed E-state index contributed by atoms with van der Waals surface area (Å²) in [6.07, 6.45) is 0. The van der Waals surface area contributed by atoms with E-state index in [0.29, 0.717) is 28.4 Å². The Kier molecular flexibility index (Phi) is 5.60. The summed E-state index contributed by atoms with van der Waals surface area (Å²) in [5.74, 6) is -2.77. The molecule has 0 amide bonds. The molecular weight excluding hydrogens is 456 g/mol. The highest BCUT2D eigenvalue weighted by Crippen LogP contribution is 2.55. The van der Waals surface area contributed by atoms with Crippen molar-refractivity contribution in [1.82, 2.24) is 0 Å². The number of methoxy groups -OCH3 is 1. The Morgan fingerprint density at radius 1 is 0.914 bits per heavy atom. The number of phenols is 1. The van der Waals surface area contributed by atoms with Gasteiger partial charge in [0, 0.05) is 23.5 Å². The van der Waals surface area contributed by atoms with Crippen molar-refractivity contribution in [3.63, 3.8) is 0 Å². The molecule has 35 heavy (non-hydrogen) atoms. The first-order valence-electron chi connectivity index (χ1n) is 10.8. The number of carboxylic acids is 2. The van der Waals surface area contributed by atoms with E-state index in [4.69, 9.17) is 24.1 Å². The van der Waals surface area contributed by atoms with Crippen LogP contribution < -0.4 is 18.9 Å². The molecule has 3 aromatic rings. The molecule has 3 atom stereocenters. The highest BCUT2D eigenvalue weighted by Gasteiger charge is 2.48. The predicted molar refractivity (Wildman–Crippen MR) is 122 cm³/mol. The first kappa shape index (κ1) is 22.4. The lowest BCUT2D eigenvalue weighted by Crippen LogP contribution is -2.24. The van der Waals surface area contributed by atoms with E-state index >= 15 is 0 Å². The SMILES string of the molecule is COc1ccc([C@@H]2c3cc(O)ccc3[C@H](c3ccc4c(c3)OCO4)C2C(=O)O)c(OCC(=O)O)c1. The van der Waals surface area contributed by atoms with E-state index in [1.165, 1.54) is 19.2 Å². The van der Waals surface area contributed by atoms with Gasteiger partial charge in [-0.05, 0) is 47.0 Å². The number of hydrogen-bond donors (Lipinski definition) is 3. The van der Waals surface area contributed by atoms with Crippen LogP contribution in [0.25, 0.3) is 0 Å². The van der Waals surface area contributed by atoms with Gasteiger partial charge in [0.05, 0.1) is 13.0 Å². The van der Waals surface area contributed by atoms with Gasteiger partial charge in [-0.3, -0.25) is 4.79 Å². The predicted octanol–water partition coefficient (Wildman–Crippen LogP) is 3.57. The van der Waals surface area contributed by atoms with Crippen LogP contribution in [0.3, 0.4) is 0 Å². The van der Waals surface area contributed by atoms with Gasteiger partial charge >= 0.3 is 11.9 Å². The molecule has 0 bridgehead atoms. The molecule has 1 aliphatic carbocycles. The van der Waals surface area contributed by atoms with E-state index in [-0.39, 0.29) is 18.3 Å². The van der Waals surface area contributed by atoms with Crippen molar-refractivity contribution >= 4 is 11.9 Å². The number of rotatable bonds is 7. The van der Waals surface area contributed by atoms with Gasteiger partial charge in [0.25, 0.3) is 0 Å². The normalized spacial score (nSPS) is 19.7. The van der Waals surface area contributed by atoms with Crippen LogP contribution in [0.4, 0.5) is 0 Å². The van der Waals surface area contributed by atoms with Gasteiger partial charge < -0.3 is 34.3 Å². The molecule has 3 N–H and O–H groups in total. The highest BCUT2D eigenvalue weighted by atomic mass is 16.7. The number of ether oxygens (including phenoxy) is 4. The molecule has 0 aromatic heterocycles. The van der Waals surface area contributed by atoms with Crippen LogP contribution in [0.1, 0.15) is 34.1 Å². The maximum Gasteiger partial charge on any atom is 0.341 e. The standard InChI is InChI=1S/C26H22O9/c1-32-15-4-6-17(20(10-15)33-11-22(28)29)24-18-9-14(27)3-5-16(18)23(25(24)26(30)31)13-2-7-19-21(8-13)35-12-34-19/h2-10,23-25,27H,11-12H2,1H3,(H,28,29)(H,30,31)/t23-,24+,25?/m0/s1. The van der Waals surface area contributed by atoms with E-state index in [1.54, 1.807) is 36.4 Å². The fourth-order valence-corrected chi connectivity index (χ4v) is 5.00. The van der Waals surface area contributed by atoms with Crippen LogP contribution in [-0.4, -0.2) is 47.8 Å². The van der Waals surface area contributed by atoms with Crippen LogP contribution in [-0.2, 0) is 9.59 Å². The lowest BCUT2D eigenvalue weighted by Gasteiger charge is -2.24. The Labute approximate surface area is 200 Å². The number of hydrogen-bond acceptors (Lipinski definition) is 7. The van der Waals surface area contributed by atoms with E-state index in [9.17, 15) is 19.8 Å². The summed E-state index contributed by atoms with van der Waals surface area (Å²) in [5, 5.41) is 29.9. The van der Waals surface area contributed by atoms with Crippen molar-refractivity contribution in [3.8, 4) is 28.7 Å². The van der Waals surface area contributed by atoms with Gasteiger partial charge in [0.2, 0.25) is 6.79 Å². The molecule has 3 aromatic carbocycles. The van der Waals surface area contributed by atoms with Crippen LogP contribution >= 0.6 is 0 Å². The van der Waals surface area contributed by atoms with Crippen molar-refractivity contribution in [1.29, 1.82) is 0 Å². The van der Waals surface area contributed by atoms with Crippen LogP contribution in [0.15, 0.2) is 54.6 Å². The summed E-state index contributed by atoms with van der Waals surface area (Å²) in [4.78, 5) is 24.0. The van der Waals surface area contributed by atoms with Gasteiger partial charge in [0.1, 0.15) is 17.2 Å². The zero-order valence-electron chi connectivity index (χ0n) is 18.6. The summed E-state index contributed by atoms with van der Waals surface area (Å²) in [6, 6.07) is 15.0. The molecule has 0 radical (unpaired) electrons. The smallest absolute Gasteiger partial charge is 0.341 e. The summed E-state index contributed by atoms with van der Waals surface area (Å²) in [5.41, 5.74) is 2.55.